The largest absolute Gasteiger partial charge is 0.353 e. The highest BCUT2D eigenvalue weighted by atomic mass is 16.2. The molecule has 0 aromatic carbocycles. The van der Waals surface area contributed by atoms with Gasteiger partial charge in [0.2, 0.25) is 11.8 Å². The number of nitrogens with one attached hydrogen (secondary N) is 2. The zero-order valence-corrected chi connectivity index (χ0v) is 17.0. The van der Waals surface area contributed by atoms with Crippen LogP contribution in [0.2, 0.25) is 0 Å². The van der Waals surface area contributed by atoms with Gasteiger partial charge in [0.15, 0.2) is 0 Å². The van der Waals surface area contributed by atoms with Gasteiger partial charge < -0.3 is 20.4 Å². The maximum Gasteiger partial charge on any atom is 0.232 e. The standard InChI is InChI=1S/C22H31N5O2/c28-20(16-4-5-16)27-11-9-26(10-12-27)19-7-6-18(14-24-19)25-21(29)22-8-2-1-3-17(22)13-23-15-22/h6-7,14,16-17,23H,1-5,8-13,15H2,(H,25,29)/t17-,22+/m0/s1. The zero-order chi connectivity index (χ0) is 19.8. The number of amides is 2. The van der Waals surface area contributed by atoms with Crippen LogP contribution in [0.5, 0.6) is 0 Å². The number of anilines is 2. The quantitative estimate of drug-likeness (QED) is 0.811. The van der Waals surface area contributed by atoms with E-state index in [4.69, 9.17) is 0 Å². The van der Waals surface area contributed by atoms with E-state index in [1.54, 1.807) is 6.20 Å². The molecule has 2 aliphatic heterocycles. The first kappa shape index (κ1) is 18.9. The molecule has 3 heterocycles. The lowest BCUT2D eigenvalue weighted by atomic mass is 9.67. The van der Waals surface area contributed by atoms with Crippen molar-refractivity contribution in [1.29, 1.82) is 0 Å². The molecule has 0 bridgehead atoms. The van der Waals surface area contributed by atoms with Gasteiger partial charge in [0.05, 0.1) is 17.3 Å². The van der Waals surface area contributed by atoms with Gasteiger partial charge in [-0.2, -0.15) is 0 Å². The monoisotopic (exact) mass is 397 g/mol. The van der Waals surface area contributed by atoms with Gasteiger partial charge in [0.25, 0.3) is 0 Å². The Morgan fingerprint density at radius 2 is 1.93 bits per heavy atom. The highest BCUT2D eigenvalue weighted by Gasteiger charge is 2.49. The molecular weight excluding hydrogens is 366 g/mol. The molecule has 4 fully saturated rings. The number of fused-ring (bicyclic) bond motifs is 1. The van der Waals surface area contributed by atoms with E-state index in [0.717, 1.165) is 82.9 Å². The fourth-order valence-corrected chi connectivity index (χ4v) is 5.34. The third-order valence-electron chi connectivity index (χ3n) is 7.34. The summed E-state index contributed by atoms with van der Waals surface area (Å²) in [7, 11) is 0. The molecule has 2 saturated heterocycles. The van der Waals surface area contributed by atoms with Crippen LogP contribution in [0.1, 0.15) is 38.5 Å². The van der Waals surface area contributed by atoms with E-state index >= 15 is 0 Å². The molecule has 2 aliphatic carbocycles. The minimum atomic E-state index is -0.249. The predicted molar refractivity (Wildman–Crippen MR) is 112 cm³/mol. The van der Waals surface area contributed by atoms with Crippen LogP contribution < -0.4 is 15.5 Å². The van der Waals surface area contributed by atoms with E-state index in [2.05, 4.69) is 20.5 Å². The summed E-state index contributed by atoms with van der Waals surface area (Å²) in [5.41, 5.74) is 0.522. The van der Waals surface area contributed by atoms with Crippen molar-refractivity contribution in [3.63, 3.8) is 0 Å². The number of rotatable bonds is 4. The first-order valence-corrected chi connectivity index (χ1v) is 11.2. The molecule has 2 N–H and O–H groups in total. The smallest absolute Gasteiger partial charge is 0.232 e. The first-order valence-electron chi connectivity index (χ1n) is 11.2. The second kappa shape index (κ2) is 7.59. The summed E-state index contributed by atoms with van der Waals surface area (Å²) in [6.45, 7) is 4.92. The van der Waals surface area contributed by atoms with Gasteiger partial charge in [-0.05, 0) is 50.3 Å². The Morgan fingerprint density at radius 1 is 1.10 bits per heavy atom. The maximum absolute atomic E-state index is 13.1. The van der Waals surface area contributed by atoms with Crippen LogP contribution in [0.15, 0.2) is 18.3 Å². The molecule has 2 amide bonds. The molecule has 0 unspecified atom stereocenters. The lowest BCUT2D eigenvalue weighted by molar-refractivity contribution is -0.132. The van der Waals surface area contributed by atoms with E-state index in [-0.39, 0.29) is 11.3 Å². The van der Waals surface area contributed by atoms with Crippen molar-refractivity contribution in [2.45, 2.75) is 38.5 Å². The number of nitrogens with zero attached hydrogens (tertiary/aromatic N) is 3. The highest BCUT2D eigenvalue weighted by Crippen LogP contribution is 2.44. The molecule has 0 radical (unpaired) electrons. The Hall–Kier alpha value is -2.15. The molecule has 2 saturated carbocycles. The average molecular weight is 398 g/mol. The molecule has 7 heteroatoms. The Morgan fingerprint density at radius 3 is 2.66 bits per heavy atom. The van der Waals surface area contributed by atoms with Crippen molar-refractivity contribution < 1.29 is 9.59 Å². The normalized spacial score (nSPS) is 29.4. The van der Waals surface area contributed by atoms with Crippen molar-refractivity contribution in [3.8, 4) is 0 Å². The van der Waals surface area contributed by atoms with Crippen molar-refractivity contribution >= 4 is 23.3 Å². The molecule has 4 aliphatic rings. The fourth-order valence-electron chi connectivity index (χ4n) is 5.34. The van der Waals surface area contributed by atoms with E-state index < -0.39 is 0 Å². The Balaban J connectivity index is 1.18. The predicted octanol–water partition coefficient (Wildman–Crippen LogP) is 1.86. The summed E-state index contributed by atoms with van der Waals surface area (Å²) in [5, 5.41) is 6.57. The summed E-state index contributed by atoms with van der Waals surface area (Å²) < 4.78 is 0. The number of hydrogen-bond acceptors (Lipinski definition) is 5. The molecule has 29 heavy (non-hydrogen) atoms. The van der Waals surface area contributed by atoms with Crippen LogP contribution in [0.3, 0.4) is 0 Å². The number of piperazine rings is 1. The number of carbonyl (C=O) groups is 2. The van der Waals surface area contributed by atoms with Crippen LogP contribution in [-0.4, -0.2) is 61.0 Å². The van der Waals surface area contributed by atoms with Crippen molar-refractivity contribution in [2.75, 3.05) is 49.5 Å². The summed E-state index contributed by atoms with van der Waals surface area (Å²) in [5.74, 6) is 2.14. The first-order chi connectivity index (χ1) is 14.2. The summed E-state index contributed by atoms with van der Waals surface area (Å²) in [6, 6.07) is 3.94. The van der Waals surface area contributed by atoms with Crippen LogP contribution >= 0.6 is 0 Å². The lowest BCUT2D eigenvalue weighted by Gasteiger charge is -2.37. The molecule has 156 valence electrons. The average Bonchev–Trinajstić information content (AvgIpc) is 3.52. The number of hydrogen-bond donors (Lipinski definition) is 2. The Bertz CT molecular complexity index is 770. The van der Waals surface area contributed by atoms with Gasteiger partial charge in [-0.3, -0.25) is 9.59 Å². The molecule has 7 nitrogen and oxygen atoms in total. The van der Waals surface area contributed by atoms with Gasteiger partial charge in [-0.15, -0.1) is 0 Å². The van der Waals surface area contributed by atoms with Crippen LogP contribution in [0, 0.1) is 17.3 Å². The summed E-state index contributed by atoms with van der Waals surface area (Å²) >= 11 is 0. The summed E-state index contributed by atoms with van der Waals surface area (Å²) in [4.78, 5) is 34.1. The Labute approximate surface area is 172 Å². The third kappa shape index (κ3) is 3.61. The van der Waals surface area contributed by atoms with Gasteiger partial charge in [-0.25, -0.2) is 4.98 Å². The second-order valence-electron chi connectivity index (χ2n) is 9.18. The SMILES string of the molecule is O=C(C1CC1)N1CCN(c2ccc(NC(=O)[C@@]34CCCC[C@H]3CNC4)cn2)CC1. The zero-order valence-electron chi connectivity index (χ0n) is 17.0. The molecule has 0 spiro atoms. The van der Waals surface area contributed by atoms with Crippen molar-refractivity contribution in [1.82, 2.24) is 15.2 Å². The van der Waals surface area contributed by atoms with Crippen molar-refractivity contribution in [3.05, 3.63) is 18.3 Å². The number of carbonyl (C=O) groups excluding carboxylic acids is 2. The summed E-state index contributed by atoms with van der Waals surface area (Å²) in [6.07, 6.45) is 8.39. The molecule has 2 atom stereocenters. The van der Waals surface area contributed by atoms with Crippen LogP contribution in [-0.2, 0) is 9.59 Å². The lowest BCUT2D eigenvalue weighted by Crippen LogP contribution is -2.49. The minimum Gasteiger partial charge on any atom is -0.353 e. The fraction of sp³-hybridized carbons (Fsp3) is 0.682. The molecule has 1 aromatic rings. The van der Waals surface area contributed by atoms with E-state index in [9.17, 15) is 9.59 Å². The second-order valence-corrected chi connectivity index (χ2v) is 9.18. The topological polar surface area (TPSA) is 77.6 Å². The van der Waals surface area contributed by atoms with Gasteiger partial charge in [-0.1, -0.05) is 12.8 Å². The Kier molecular flexibility index (Phi) is 4.94. The van der Waals surface area contributed by atoms with Crippen LogP contribution in [0.25, 0.3) is 0 Å². The molecule has 5 rings (SSSR count). The third-order valence-corrected chi connectivity index (χ3v) is 7.34. The van der Waals surface area contributed by atoms with Crippen molar-refractivity contribution in [2.24, 2.45) is 17.3 Å². The minimum absolute atomic E-state index is 0.147. The van der Waals surface area contributed by atoms with Gasteiger partial charge in [0.1, 0.15) is 5.82 Å². The molecular formula is C22H31N5O2. The highest BCUT2D eigenvalue weighted by molar-refractivity contribution is 5.96. The van der Waals surface area contributed by atoms with Gasteiger partial charge in [0, 0.05) is 38.6 Å². The number of aromatic nitrogens is 1. The van der Waals surface area contributed by atoms with E-state index in [1.807, 2.05) is 17.0 Å². The molecule has 1 aromatic heterocycles. The van der Waals surface area contributed by atoms with Crippen LogP contribution in [0.4, 0.5) is 11.5 Å². The van der Waals surface area contributed by atoms with Gasteiger partial charge >= 0.3 is 0 Å². The number of pyridine rings is 1. The van der Waals surface area contributed by atoms with E-state index in [0.29, 0.717) is 17.7 Å². The van der Waals surface area contributed by atoms with E-state index in [1.165, 1.54) is 6.42 Å². The maximum atomic E-state index is 13.1.